The van der Waals surface area contributed by atoms with Crippen molar-refractivity contribution < 1.29 is 19.4 Å². The summed E-state index contributed by atoms with van der Waals surface area (Å²) in [6, 6.07) is 6.69. The van der Waals surface area contributed by atoms with E-state index in [1.165, 1.54) is 13.8 Å². The first kappa shape index (κ1) is 18.1. The minimum atomic E-state index is -1.38. The fourth-order valence-corrected chi connectivity index (χ4v) is 1.85. The Morgan fingerprint density at radius 2 is 1.77 bits per heavy atom. The number of Topliss-reactive ketones (excluding diaryl/α,β-unsaturated/α-hetero) is 2. The Morgan fingerprint density at radius 1 is 1.18 bits per heavy atom. The summed E-state index contributed by atoms with van der Waals surface area (Å²) in [7, 11) is 0. The number of rotatable bonds is 9. The molecule has 0 atom stereocenters. The SMILES string of the molecule is C=C(C)C(=O)CCCCOc1ccc(C(=O)C(C)(C)O)cc1. The van der Waals surface area contributed by atoms with E-state index in [4.69, 9.17) is 4.74 Å². The minimum absolute atomic E-state index is 0.0921. The summed E-state index contributed by atoms with van der Waals surface area (Å²) in [5.74, 6) is 0.436. The average molecular weight is 304 g/mol. The largest absolute Gasteiger partial charge is 0.494 e. The standard InChI is InChI=1S/C18H24O4/c1-13(2)16(19)7-5-6-12-22-15-10-8-14(9-11-15)17(20)18(3,4)21/h8-11,21H,1,5-7,12H2,2-4H3. The second-order valence-corrected chi connectivity index (χ2v) is 5.92. The van der Waals surface area contributed by atoms with Gasteiger partial charge in [-0.05, 0) is 63.5 Å². The molecular formula is C18H24O4. The van der Waals surface area contributed by atoms with Crippen LogP contribution in [-0.2, 0) is 4.79 Å². The highest BCUT2D eigenvalue weighted by molar-refractivity contribution is 6.01. The summed E-state index contributed by atoms with van der Waals surface area (Å²) in [4.78, 5) is 23.2. The zero-order valence-electron chi connectivity index (χ0n) is 13.5. The van der Waals surface area contributed by atoms with Gasteiger partial charge in [-0.15, -0.1) is 0 Å². The third-order valence-electron chi connectivity index (χ3n) is 3.22. The van der Waals surface area contributed by atoms with Gasteiger partial charge in [-0.25, -0.2) is 0 Å². The summed E-state index contributed by atoms with van der Waals surface area (Å²) < 4.78 is 5.56. The first-order valence-electron chi connectivity index (χ1n) is 7.40. The van der Waals surface area contributed by atoms with Crippen LogP contribution in [0.5, 0.6) is 5.75 Å². The summed E-state index contributed by atoms with van der Waals surface area (Å²) in [5.41, 5.74) is -0.335. The van der Waals surface area contributed by atoms with Crippen molar-refractivity contribution in [3.8, 4) is 5.75 Å². The van der Waals surface area contributed by atoms with E-state index in [-0.39, 0.29) is 11.6 Å². The van der Waals surface area contributed by atoms with Crippen molar-refractivity contribution in [3.63, 3.8) is 0 Å². The van der Waals surface area contributed by atoms with Gasteiger partial charge >= 0.3 is 0 Å². The maximum atomic E-state index is 11.9. The van der Waals surface area contributed by atoms with Crippen molar-refractivity contribution in [1.82, 2.24) is 0 Å². The molecule has 0 aliphatic rings. The second kappa shape index (κ2) is 7.90. The molecule has 4 heteroatoms. The normalized spacial score (nSPS) is 11.1. The molecule has 0 saturated carbocycles. The molecule has 0 aliphatic carbocycles. The molecule has 0 aromatic heterocycles. The Kier molecular flexibility index (Phi) is 6.50. The third kappa shape index (κ3) is 5.82. The van der Waals surface area contributed by atoms with E-state index < -0.39 is 5.60 Å². The lowest BCUT2D eigenvalue weighted by atomic mass is 9.97. The van der Waals surface area contributed by atoms with Crippen LogP contribution in [0.1, 0.15) is 50.4 Å². The summed E-state index contributed by atoms with van der Waals surface area (Å²) >= 11 is 0. The molecule has 1 aromatic rings. The predicted octanol–water partition coefficient (Wildman–Crippen LogP) is 3.33. The van der Waals surface area contributed by atoms with Crippen LogP contribution in [0.25, 0.3) is 0 Å². The number of carbonyl (C=O) groups excluding carboxylic acids is 2. The van der Waals surface area contributed by atoms with E-state index in [1.807, 2.05) is 0 Å². The molecule has 0 bridgehead atoms. The van der Waals surface area contributed by atoms with Crippen LogP contribution in [0.15, 0.2) is 36.4 Å². The zero-order chi connectivity index (χ0) is 16.8. The number of hydrogen-bond donors (Lipinski definition) is 1. The molecule has 0 amide bonds. The number of benzene rings is 1. The van der Waals surface area contributed by atoms with Crippen LogP contribution in [0.2, 0.25) is 0 Å². The lowest BCUT2D eigenvalue weighted by Crippen LogP contribution is -2.30. The summed E-state index contributed by atoms with van der Waals surface area (Å²) in [6.45, 7) is 8.78. The van der Waals surface area contributed by atoms with Crippen LogP contribution in [-0.4, -0.2) is 28.9 Å². The van der Waals surface area contributed by atoms with Crippen molar-refractivity contribution in [1.29, 1.82) is 0 Å². The van der Waals surface area contributed by atoms with Gasteiger partial charge in [0.05, 0.1) is 6.61 Å². The Balaban J connectivity index is 2.38. The predicted molar refractivity (Wildman–Crippen MR) is 86.2 cm³/mol. The van der Waals surface area contributed by atoms with Gasteiger partial charge in [-0.1, -0.05) is 6.58 Å². The molecular weight excluding hydrogens is 280 g/mol. The first-order valence-corrected chi connectivity index (χ1v) is 7.40. The third-order valence-corrected chi connectivity index (χ3v) is 3.22. The molecule has 1 aromatic carbocycles. The van der Waals surface area contributed by atoms with Gasteiger partial charge < -0.3 is 9.84 Å². The number of unbranched alkanes of at least 4 members (excludes halogenated alkanes) is 1. The molecule has 0 aliphatic heterocycles. The molecule has 4 nitrogen and oxygen atoms in total. The number of hydrogen-bond acceptors (Lipinski definition) is 4. The van der Waals surface area contributed by atoms with Gasteiger partial charge in [0.25, 0.3) is 0 Å². The maximum absolute atomic E-state index is 11.9. The number of aliphatic hydroxyl groups is 1. The molecule has 0 unspecified atom stereocenters. The fourth-order valence-electron chi connectivity index (χ4n) is 1.85. The first-order chi connectivity index (χ1) is 10.2. The molecule has 1 rings (SSSR count). The molecule has 0 heterocycles. The van der Waals surface area contributed by atoms with Crippen LogP contribution < -0.4 is 4.74 Å². The lowest BCUT2D eigenvalue weighted by molar-refractivity contribution is -0.115. The molecule has 0 fully saturated rings. The molecule has 1 N–H and O–H groups in total. The minimum Gasteiger partial charge on any atom is -0.494 e. The number of ketones is 2. The summed E-state index contributed by atoms with van der Waals surface area (Å²) in [5, 5.41) is 9.68. The van der Waals surface area contributed by atoms with E-state index in [2.05, 4.69) is 6.58 Å². The van der Waals surface area contributed by atoms with Gasteiger partial charge in [-0.2, -0.15) is 0 Å². The Hall–Kier alpha value is -1.94. The van der Waals surface area contributed by atoms with Crippen LogP contribution in [0, 0.1) is 0 Å². The molecule has 0 radical (unpaired) electrons. The molecule has 0 spiro atoms. The number of carbonyl (C=O) groups is 2. The van der Waals surface area contributed by atoms with Gasteiger partial charge in [0.2, 0.25) is 0 Å². The van der Waals surface area contributed by atoms with Crippen molar-refractivity contribution in [3.05, 3.63) is 42.0 Å². The summed E-state index contributed by atoms with van der Waals surface area (Å²) in [6.07, 6.45) is 2.04. The van der Waals surface area contributed by atoms with Crippen LogP contribution >= 0.6 is 0 Å². The quantitative estimate of drug-likeness (QED) is 0.432. The topological polar surface area (TPSA) is 63.6 Å². The highest BCUT2D eigenvalue weighted by atomic mass is 16.5. The van der Waals surface area contributed by atoms with Crippen molar-refractivity contribution in [2.24, 2.45) is 0 Å². The van der Waals surface area contributed by atoms with E-state index in [0.29, 0.717) is 29.9 Å². The van der Waals surface area contributed by atoms with E-state index in [9.17, 15) is 14.7 Å². The number of ether oxygens (including phenoxy) is 1. The van der Waals surface area contributed by atoms with Crippen LogP contribution in [0.3, 0.4) is 0 Å². The molecule has 0 saturated heterocycles. The smallest absolute Gasteiger partial charge is 0.193 e. The monoisotopic (exact) mass is 304 g/mol. The van der Waals surface area contributed by atoms with Gasteiger partial charge in [0, 0.05) is 12.0 Å². The van der Waals surface area contributed by atoms with Crippen LogP contribution in [0.4, 0.5) is 0 Å². The van der Waals surface area contributed by atoms with Gasteiger partial charge in [0.1, 0.15) is 11.4 Å². The molecule has 22 heavy (non-hydrogen) atoms. The second-order valence-electron chi connectivity index (χ2n) is 5.92. The Morgan fingerprint density at radius 3 is 2.27 bits per heavy atom. The Labute approximate surface area is 131 Å². The highest BCUT2D eigenvalue weighted by Crippen LogP contribution is 2.17. The van der Waals surface area contributed by atoms with Gasteiger partial charge in [-0.3, -0.25) is 9.59 Å². The van der Waals surface area contributed by atoms with Crippen molar-refractivity contribution >= 4 is 11.6 Å². The van der Waals surface area contributed by atoms with E-state index in [0.717, 1.165) is 12.8 Å². The lowest BCUT2D eigenvalue weighted by Gasteiger charge is -2.15. The van der Waals surface area contributed by atoms with Gasteiger partial charge in [0.15, 0.2) is 11.6 Å². The fraction of sp³-hybridized carbons (Fsp3) is 0.444. The van der Waals surface area contributed by atoms with Crippen molar-refractivity contribution in [2.45, 2.75) is 45.6 Å². The molecule has 120 valence electrons. The number of allylic oxidation sites excluding steroid dienone is 1. The maximum Gasteiger partial charge on any atom is 0.193 e. The van der Waals surface area contributed by atoms with Crippen molar-refractivity contribution in [2.75, 3.05) is 6.61 Å². The Bertz CT molecular complexity index is 535. The zero-order valence-corrected chi connectivity index (χ0v) is 13.5. The highest BCUT2D eigenvalue weighted by Gasteiger charge is 2.24. The average Bonchev–Trinajstić information content (AvgIpc) is 2.45. The van der Waals surface area contributed by atoms with E-state index >= 15 is 0 Å². The van der Waals surface area contributed by atoms with E-state index in [1.54, 1.807) is 31.2 Å².